The van der Waals surface area contributed by atoms with Crippen molar-refractivity contribution in [3.8, 4) is 0 Å². The molecule has 0 aliphatic carbocycles. The summed E-state index contributed by atoms with van der Waals surface area (Å²) in [5, 5.41) is 2.92. The highest BCUT2D eigenvalue weighted by molar-refractivity contribution is 5.78. The van der Waals surface area contributed by atoms with Crippen LogP contribution in [0.3, 0.4) is 0 Å². The molecule has 2 aliphatic rings. The quantitative estimate of drug-likeness (QED) is 0.796. The summed E-state index contributed by atoms with van der Waals surface area (Å²) in [5.41, 5.74) is 1.57. The van der Waals surface area contributed by atoms with Crippen LogP contribution < -0.4 is 4.90 Å². The van der Waals surface area contributed by atoms with Crippen LogP contribution in [0, 0.1) is 4.91 Å². The zero-order valence-corrected chi connectivity index (χ0v) is 12.8. The maximum Gasteiger partial charge on any atom is 0.236 e. The summed E-state index contributed by atoms with van der Waals surface area (Å²) in [4.78, 5) is 29.1. The molecule has 2 heterocycles. The lowest BCUT2D eigenvalue weighted by molar-refractivity contribution is -0.131. The van der Waals surface area contributed by atoms with Crippen LogP contribution in [0.25, 0.3) is 0 Å². The molecular formula is C16H22N4O2. The summed E-state index contributed by atoms with van der Waals surface area (Å²) in [7, 11) is 0. The number of piperazine rings is 1. The first-order chi connectivity index (χ1) is 10.8. The second-order valence-electron chi connectivity index (χ2n) is 5.96. The highest BCUT2D eigenvalue weighted by Gasteiger charge is 2.23. The molecule has 0 radical (unpaired) electrons. The topological polar surface area (TPSA) is 56.2 Å². The van der Waals surface area contributed by atoms with Gasteiger partial charge >= 0.3 is 0 Å². The lowest BCUT2D eigenvalue weighted by Crippen LogP contribution is -2.49. The van der Waals surface area contributed by atoms with Crippen molar-refractivity contribution in [3.05, 3.63) is 29.2 Å². The standard InChI is InChI=1S/C16H22N4O2/c21-16(20-7-1-2-8-20)13-18-9-11-19(12-10-18)15-5-3-14(17-22)4-6-15/h3-6H,1-2,7-13H2. The average molecular weight is 302 g/mol. The Bertz CT molecular complexity index is 517. The first-order valence-corrected chi connectivity index (χ1v) is 7.95. The third-order valence-corrected chi connectivity index (χ3v) is 4.51. The smallest absolute Gasteiger partial charge is 0.236 e. The Morgan fingerprint density at radius 2 is 1.59 bits per heavy atom. The van der Waals surface area contributed by atoms with Crippen LogP contribution >= 0.6 is 0 Å². The molecule has 1 amide bonds. The van der Waals surface area contributed by atoms with Crippen LogP contribution in [0.4, 0.5) is 11.4 Å². The lowest BCUT2D eigenvalue weighted by atomic mass is 10.2. The highest BCUT2D eigenvalue weighted by Crippen LogP contribution is 2.21. The van der Waals surface area contributed by atoms with Crippen molar-refractivity contribution >= 4 is 17.3 Å². The van der Waals surface area contributed by atoms with Gasteiger partial charge in [0, 0.05) is 45.0 Å². The van der Waals surface area contributed by atoms with Crippen LogP contribution in [0.2, 0.25) is 0 Å². The Morgan fingerprint density at radius 3 is 2.18 bits per heavy atom. The number of carbonyl (C=O) groups is 1. The Labute approximate surface area is 130 Å². The number of benzene rings is 1. The third-order valence-electron chi connectivity index (χ3n) is 4.51. The normalized spacial score (nSPS) is 19.5. The molecule has 0 bridgehead atoms. The van der Waals surface area contributed by atoms with E-state index >= 15 is 0 Å². The Morgan fingerprint density at radius 1 is 0.955 bits per heavy atom. The number of amides is 1. The number of nitrogens with zero attached hydrogens (tertiary/aromatic N) is 4. The molecule has 3 rings (SSSR count). The van der Waals surface area contributed by atoms with Gasteiger partial charge in [0.25, 0.3) is 0 Å². The van der Waals surface area contributed by atoms with Crippen LogP contribution in [-0.2, 0) is 4.79 Å². The van der Waals surface area contributed by atoms with Crippen LogP contribution in [0.15, 0.2) is 29.4 Å². The molecular weight excluding hydrogens is 280 g/mol. The number of rotatable bonds is 4. The van der Waals surface area contributed by atoms with E-state index in [1.54, 1.807) is 12.1 Å². The second-order valence-corrected chi connectivity index (χ2v) is 5.96. The number of hydrogen-bond donors (Lipinski definition) is 0. The molecule has 22 heavy (non-hydrogen) atoms. The van der Waals surface area contributed by atoms with Crippen molar-refractivity contribution < 1.29 is 4.79 Å². The van der Waals surface area contributed by atoms with Crippen molar-refractivity contribution in [1.82, 2.24) is 9.80 Å². The van der Waals surface area contributed by atoms with E-state index in [4.69, 9.17) is 0 Å². The third kappa shape index (κ3) is 3.44. The van der Waals surface area contributed by atoms with Gasteiger partial charge in [-0.15, -0.1) is 4.91 Å². The minimum atomic E-state index is 0.271. The lowest BCUT2D eigenvalue weighted by Gasteiger charge is -2.36. The molecule has 1 aromatic rings. The summed E-state index contributed by atoms with van der Waals surface area (Å²) >= 11 is 0. The van der Waals surface area contributed by atoms with E-state index in [1.807, 2.05) is 17.0 Å². The zero-order chi connectivity index (χ0) is 15.4. The summed E-state index contributed by atoms with van der Waals surface area (Å²) in [6.07, 6.45) is 2.29. The first kappa shape index (κ1) is 15.0. The van der Waals surface area contributed by atoms with Gasteiger partial charge in [-0.3, -0.25) is 9.69 Å². The fourth-order valence-corrected chi connectivity index (χ4v) is 3.15. The number of hydrogen-bond acceptors (Lipinski definition) is 5. The van der Waals surface area contributed by atoms with Crippen molar-refractivity contribution in [1.29, 1.82) is 0 Å². The molecule has 118 valence electrons. The Hall–Kier alpha value is -1.95. The molecule has 0 N–H and O–H groups in total. The minimum Gasteiger partial charge on any atom is -0.369 e. The predicted octanol–water partition coefficient (Wildman–Crippen LogP) is 1.83. The van der Waals surface area contributed by atoms with Crippen molar-refractivity contribution in [2.45, 2.75) is 12.8 Å². The molecule has 6 nitrogen and oxygen atoms in total. The molecule has 6 heteroatoms. The molecule has 0 spiro atoms. The zero-order valence-electron chi connectivity index (χ0n) is 12.8. The van der Waals surface area contributed by atoms with E-state index < -0.39 is 0 Å². The van der Waals surface area contributed by atoms with Crippen molar-refractivity contribution in [3.63, 3.8) is 0 Å². The van der Waals surface area contributed by atoms with E-state index in [0.717, 1.165) is 57.8 Å². The van der Waals surface area contributed by atoms with Gasteiger partial charge in [0.05, 0.1) is 6.54 Å². The van der Waals surface area contributed by atoms with Gasteiger partial charge in [-0.25, -0.2) is 0 Å². The summed E-state index contributed by atoms with van der Waals surface area (Å²) in [6.45, 7) is 6.00. The Kier molecular flexibility index (Phi) is 4.68. The van der Waals surface area contributed by atoms with Crippen molar-refractivity contribution in [2.24, 2.45) is 5.18 Å². The van der Waals surface area contributed by atoms with Gasteiger partial charge < -0.3 is 9.80 Å². The maximum atomic E-state index is 12.2. The fraction of sp³-hybridized carbons (Fsp3) is 0.562. The Balaban J connectivity index is 1.49. The molecule has 0 aromatic heterocycles. The number of nitroso groups, excluding NO2 is 1. The average Bonchev–Trinajstić information content (AvgIpc) is 3.10. The SMILES string of the molecule is O=Nc1ccc(N2CCN(CC(=O)N3CCCC3)CC2)cc1. The molecule has 2 saturated heterocycles. The summed E-state index contributed by atoms with van der Waals surface area (Å²) in [5.74, 6) is 0.271. The monoisotopic (exact) mass is 302 g/mol. The molecule has 0 atom stereocenters. The van der Waals surface area contributed by atoms with Crippen LogP contribution in [0.5, 0.6) is 0 Å². The fourth-order valence-electron chi connectivity index (χ4n) is 3.15. The van der Waals surface area contributed by atoms with E-state index in [-0.39, 0.29) is 5.91 Å². The van der Waals surface area contributed by atoms with Gasteiger partial charge in [-0.2, -0.15) is 0 Å². The summed E-state index contributed by atoms with van der Waals surface area (Å²) < 4.78 is 0. The van der Waals surface area contributed by atoms with Gasteiger partial charge in [-0.05, 0) is 42.3 Å². The number of anilines is 1. The second kappa shape index (κ2) is 6.87. The van der Waals surface area contributed by atoms with Gasteiger partial charge in [0.2, 0.25) is 5.91 Å². The minimum absolute atomic E-state index is 0.271. The maximum absolute atomic E-state index is 12.2. The van der Waals surface area contributed by atoms with E-state index in [2.05, 4.69) is 15.0 Å². The van der Waals surface area contributed by atoms with Gasteiger partial charge in [0.1, 0.15) is 5.69 Å². The van der Waals surface area contributed by atoms with Gasteiger partial charge in [0.15, 0.2) is 0 Å². The van der Waals surface area contributed by atoms with E-state index in [9.17, 15) is 9.70 Å². The first-order valence-electron chi connectivity index (χ1n) is 7.95. The predicted molar refractivity (Wildman–Crippen MR) is 86.4 cm³/mol. The van der Waals surface area contributed by atoms with E-state index in [1.165, 1.54) is 0 Å². The molecule has 0 saturated carbocycles. The highest BCUT2D eigenvalue weighted by atomic mass is 16.3. The van der Waals surface area contributed by atoms with Crippen LogP contribution in [-0.4, -0.2) is 61.5 Å². The molecule has 0 unspecified atom stereocenters. The molecule has 2 fully saturated rings. The number of likely N-dealkylation sites (tertiary alicyclic amines) is 1. The molecule has 2 aliphatic heterocycles. The number of carbonyl (C=O) groups excluding carboxylic acids is 1. The summed E-state index contributed by atoms with van der Waals surface area (Å²) in [6, 6.07) is 7.35. The van der Waals surface area contributed by atoms with Crippen LogP contribution in [0.1, 0.15) is 12.8 Å². The van der Waals surface area contributed by atoms with Crippen molar-refractivity contribution in [2.75, 3.05) is 50.7 Å². The molecule has 1 aromatic carbocycles. The van der Waals surface area contributed by atoms with E-state index in [0.29, 0.717) is 12.2 Å². The van der Waals surface area contributed by atoms with Gasteiger partial charge in [-0.1, -0.05) is 0 Å². The largest absolute Gasteiger partial charge is 0.369 e.